The number of nitrogens with zero attached hydrogens (tertiary/aromatic N) is 2. The Morgan fingerprint density at radius 3 is 2.10 bits per heavy atom. The molecule has 0 saturated heterocycles. The van der Waals surface area contributed by atoms with E-state index in [0.29, 0.717) is 29.4 Å². The molecule has 2 amide bonds. The number of rotatable bonds is 12. The number of likely N-dealkylation sites (N-methyl/N-ethyl adjacent to an activating group) is 1. The Hall–Kier alpha value is -3.56. The molecule has 39 heavy (non-hydrogen) atoms. The van der Waals surface area contributed by atoms with Gasteiger partial charge in [0.25, 0.3) is 10.0 Å². The Kier molecular flexibility index (Phi) is 10.4. The van der Waals surface area contributed by atoms with E-state index >= 15 is 0 Å². The Labute approximate surface area is 235 Å². The summed E-state index contributed by atoms with van der Waals surface area (Å²) >= 11 is 6.04. The van der Waals surface area contributed by atoms with Crippen molar-refractivity contribution < 1.29 is 22.7 Å². The van der Waals surface area contributed by atoms with Crippen LogP contribution in [-0.4, -0.2) is 51.4 Å². The zero-order valence-corrected chi connectivity index (χ0v) is 24.1. The highest BCUT2D eigenvalue weighted by Gasteiger charge is 2.33. The molecule has 8 nitrogen and oxygen atoms in total. The molecular formula is C29H34ClN3O5S. The van der Waals surface area contributed by atoms with Crippen molar-refractivity contribution >= 4 is 39.1 Å². The van der Waals surface area contributed by atoms with Crippen LogP contribution >= 0.6 is 11.6 Å². The number of benzene rings is 3. The highest BCUT2D eigenvalue weighted by atomic mass is 35.5. The predicted molar refractivity (Wildman–Crippen MR) is 153 cm³/mol. The number of halogens is 1. The Bertz CT molecular complexity index is 1360. The second kappa shape index (κ2) is 13.5. The number of hydrogen-bond donors (Lipinski definition) is 1. The Morgan fingerprint density at radius 1 is 0.949 bits per heavy atom. The van der Waals surface area contributed by atoms with Gasteiger partial charge in [-0.15, -0.1) is 0 Å². The van der Waals surface area contributed by atoms with Gasteiger partial charge in [0, 0.05) is 18.1 Å². The third-order valence-electron chi connectivity index (χ3n) is 6.25. The van der Waals surface area contributed by atoms with Crippen LogP contribution in [0.2, 0.25) is 5.02 Å². The molecule has 0 aliphatic heterocycles. The number of aryl methyl sites for hydroxylation is 1. The first-order valence-electron chi connectivity index (χ1n) is 12.7. The summed E-state index contributed by atoms with van der Waals surface area (Å²) in [5.41, 5.74) is 2.04. The first-order chi connectivity index (χ1) is 18.6. The van der Waals surface area contributed by atoms with Crippen LogP contribution in [-0.2, 0) is 26.2 Å². The summed E-state index contributed by atoms with van der Waals surface area (Å²) < 4.78 is 34.0. The van der Waals surface area contributed by atoms with E-state index in [1.165, 1.54) is 24.1 Å². The fourth-order valence-corrected chi connectivity index (χ4v) is 5.65. The van der Waals surface area contributed by atoms with Gasteiger partial charge in [-0.25, -0.2) is 8.42 Å². The van der Waals surface area contributed by atoms with Crippen molar-refractivity contribution in [2.45, 2.75) is 44.7 Å². The molecule has 1 N–H and O–H groups in total. The van der Waals surface area contributed by atoms with Crippen molar-refractivity contribution in [1.82, 2.24) is 10.2 Å². The van der Waals surface area contributed by atoms with Crippen LogP contribution in [0.3, 0.4) is 0 Å². The minimum Gasteiger partial charge on any atom is -0.497 e. The number of methoxy groups -OCH3 is 1. The predicted octanol–water partition coefficient (Wildman–Crippen LogP) is 4.80. The number of ether oxygens (including phenoxy) is 1. The number of carbonyl (C=O) groups is 2. The number of hydrogen-bond acceptors (Lipinski definition) is 5. The third-order valence-corrected chi connectivity index (χ3v) is 8.29. The van der Waals surface area contributed by atoms with Crippen molar-refractivity contribution in [1.29, 1.82) is 0 Å². The molecule has 0 aliphatic rings. The van der Waals surface area contributed by atoms with Crippen LogP contribution in [0, 0.1) is 6.92 Å². The number of anilines is 1. The van der Waals surface area contributed by atoms with Crippen molar-refractivity contribution in [2.24, 2.45) is 0 Å². The molecule has 0 spiro atoms. The van der Waals surface area contributed by atoms with Gasteiger partial charge < -0.3 is 15.0 Å². The molecule has 0 saturated carbocycles. The summed E-state index contributed by atoms with van der Waals surface area (Å²) in [6, 6.07) is 19.0. The van der Waals surface area contributed by atoms with E-state index in [1.54, 1.807) is 67.6 Å². The lowest BCUT2D eigenvalue weighted by Crippen LogP contribution is -2.52. The van der Waals surface area contributed by atoms with Gasteiger partial charge in [0.2, 0.25) is 11.8 Å². The molecular weight excluding hydrogens is 538 g/mol. The van der Waals surface area contributed by atoms with Gasteiger partial charge in [-0.2, -0.15) is 0 Å². The maximum absolute atomic E-state index is 13.9. The van der Waals surface area contributed by atoms with Gasteiger partial charge in [0.15, 0.2) is 0 Å². The molecule has 0 radical (unpaired) electrons. The van der Waals surface area contributed by atoms with E-state index in [4.69, 9.17) is 16.3 Å². The van der Waals surface area contributed by atoms with Crippen molar-refractivity contribution in [3.05, 3.63) is 88.9 Å². The SMILES string of the molecule is CCNC(=O)[C@@H](CC)N(Cc1ccc(Cl)cc1)C(=O)CN(c1ccc(C)cc1)S(=O)(=O)c1ccc(OC)cc1. The second-order valence-corrected chi connectivity index (χ2v) is 11.3. The van der Waals surface area contributed by atoms with Crippen LogP contribution < -0.4 is 14.4 Å². The average molecular weight is 572 g/mol. The van der Waals surface area contributed by atoms with E-state index in [-0.39, 0.29) is 17.3 Å². The van der Waals surface area contributed by atoms with Crippen molar-refractivity contribution in [3.63, 3.8) is 0 Å². The highest BCUT2D eigenvalue weighted by molar-refractivity contribution is 7.92. The maximum atomic E-state index is 13.9. The van der Waals surface area contributed by atoms with E-state index in [1.807, 2.05) is 13.8 Å². The smallest absolute Gasteiger partial charge is 0.264 e. The molecule has 3 rings (SSSR count). The molecule has 0 unspecified atom stereocenters. The minimum absolute atomic E-state index is 0.0108. The summed E-state index contributed by atoms with van der Waals surface area (Å²) in [6.45, 7) is 5.52. The summed E-state index contributed by atoms with van der Waals surface area (Å²) in [4.78, 5) is 28.4. The van der Waals surface area contributed by atoms with Gasteiger partial charge in [0.05, 0.1) is 17.7 Å². The Balaban J connectivity index is 2.04. The molecule has 0 heterocycles. The number of nitrogens with one attached hydrogen (secondary N) is 1. The molecule has 0 aromatic heterocycles. The summed E-state index contributed by atoms with van der Waals surface area (Å²) in [5.74, 6) is -0.309. The standard InChI is InChI=1S/C29H34ClN3O5S/c1-5-27(29(35)31-6-2)32(19-22-9-11-23(30)12-10-22)28(34)20-33(24-13-7-21(3)8-14-24)39(36,37)26-17-15-25(38-4)16-18-26/h7-18,27H,5-6,19-20H2,1-4H3,(H,31,35)/t27-/m1/s1. The van der Waals surface area contributed by atoms with Gasteiger partial charge in [-0.1, -0.05) is 48.4 Å². The second-order valence-electron chi connectivity index (χ2n) is 8.99. The monoisotopic (exact) mass is 571 g/mol. The topological polar surface area (TPSA) is 96.0 Å². The Morgan fingerprint density at radius 2 is 1.56 bits per heavy atom. The van der Waals surface area contributed by atoms with E-state index < -0.39 is 28.5 Å². The van der Waals surface area contributed by atoms with Crippen LogP contribution in [0.5, 0.6) is 5.75 Å². The zero-order valence-electron chi connectivity index (χ0n) is 22.6. The molecule has 3 aromatic rings. The number of amides is 2. The van der Waals surface area contributed by atoms with Crippen LogP contribution in [0.15, 0.2) is 77.7 Å². The first kappa shape index (κ1) is 30.0. The first-order valence-corrected chi connectivity index (χ1v) is 14.5. The zero-order chi connectivity index (χ0) is 28.6. The maximum Gasteiger partial charge on any atom is 0.264 e. The quantitative estimate of drug-likeness (QED) is 0.337. The lowest BCUT2D eigenvalue weighted by molar-refractivity contribution is -0.140. The molecule has 0 aliphatic carbocycles. The molecule has 208 valence electrons. The fourth-order valence-electron chi connectivity index (χ4n) is 4.11. The fraction of sp³-hybridized carbons (Fsp3) is 0.310. The van der Waals surface area contributed by atoms with E-state index in [2.05, 4.69) is 5.32 Å². The normalized spacial score (nSPS) is 11.9. The van der Waals surface area contributed by atoms with E-state index in [0.717, 1.165) is 15.4 Å². The number of sulfonamides is 1. The number of carbonyl (C=O) groups excluding carboxylic acids is 2. The average Bonchev–Trinajstić information content (AvgIpc) is 2.93. The highest BCUT2D eigenvalue weighted by Crippen LogP contribution is 2.26. The van der Waals surface area contributed by atoms with Crippen LogP contribution in [0.25, 0.3) is 0 Å². The lowest BCUT2D eigenvalue weighted by Gasteiger charge is -2.33. The van der Waals surface area contributed by atoms with Gasteiger partial charge in [-0.3, -0.25) is 13.9 Å². The molecule has 0 bridgehead atoms. The minimum atomic E-state index is -4.15. The summed E-state index contributed by atoms with van der Waals surface area (Å²) in [7, 11) is -2.65. The largest absolute Gasteiger partial charge is 0.497 e. The third kappa shape index (κ3) is 7.52. The van der Waals surface area contributed by atoms with Crippen LogP contribution in [0.1, 0.15) is 31.4 Å². The van der Waals surface area contributed by atoms with Crippen molar-refractivity contribution in [3.8, 4) is 5.75 Å². The molecule has 1 atom stereocenters. The van der Waals surface area contributed by atoms with E-state index in [9.17, 15) is 18.0 Å². The summed E-state index contributed by atoms with van der Waals surface area (Å²) in [5, 5.41) is 3.33. The van der Waals surface area contributed by atoms with Gasteiger partial charge >= 0.3 is 0 Å². The van der Waals surface area contributed by atoms with Gasteiger partial charge in [0.1, 0.15) is 18.3 Å². The molecule has 3 aromatic carbocycles. The van der Waals surface area contributed by atoms with Gasteiger partial charge in [-0.05, 0) is 74.4 Å². The molecule has 10 heteroatoms. The molecule has 0 fully saturated rings. The van der Waals surface area contributed by atoms with Crippen LogP contribution in [0.4, 0.5) is 5.69 Å². The summed E-state index contributed by atoms with van der Waals surface area (Å²) in [6.07, 6.45) is 0.348. The lowest BCUT2D eigenvalue weighted by atomic mass is 10.1. The van der Waals surface area contributed by atoms with Crippen molar-refractivity contribution in [2.75, 3.05) is 24.5 Å².